The predicted octanol–water partition coefficient (Wildman–Crippen LogP) is 0.884. The maximum Gasteiger partial charge on any atom is 0.265 e. The van der Waals surface area contributed by atoms with Crippen LogP contribution >= 0.6 is 0 Å². The van der Waals surface area contributed by atoms with Crippen LogP contribution in [0.1, 0.15) is 27.7 Å². The van der Waals surface area contributed by atoms with Gasteiger partial charge in [-0.3, -0.25) is 4.55 Å². The van der Waals surface area contributed by atoms with Crippen molar-refractivity contribution in [2.45, 2.75) is 33.7 Å². The van der Waals surface area contributed by atoms with Crippen LogP contribution in [0.2, 0.25) is 0 Å². The van der Waals surface area contributed by atoms with Gasteiger partial charge in [0.05, 0.1) is 5.75 Å². The molecule has 0 spiro atoms. The summed E-state index contributed by atoms with van der Waals surface area (Å²) in [6.45, 7) is 7.55. The maximum atomic E-state index is 10.6. The minimum Gasteiger partial charge on any atom is -0.327 e. The van der Waals surface area contributed by atoms with Crippen LogP contribution < -0.4 is 5.73 Å². The van der Waals surface area contributed by atoms with Crippen molar-refractivity contribution in [2.75, 3.05) is 5.75 Å². The molecule has 5 heteroatoms. The molecule has 0 rings (SSSR count). The Morgan fingerprint density at radius 2 is 1.77 bits per heavy atom. The predicted molar refractivity (Wildman–Crippen MR) is 53.0 cm³/mol. The van der Waals surface area contributed by atoms with Crippen molar-refractivity contribution in [3.05, 3.63) is 0 Å². The molecule has 0 aliphatic heterocycles. The lowest BCUT2D eigenvalue weighted by Crippen LogP contribution is -2.43. The SMILES string of the molecule is CC(CS(=O)(=O)O)C(N)C(C)(C)C. The number of nitrogens with two attached hydrogens (primary N) is 1. The number of hydrogen-bond donors (Lipinski definition) is 2. The van der Waals surface area contributed by atoms with Crippen molar-refractivity contribution in [3.63, 3.8) is 0 Å². The van der Waals surface area contributed by atoms with Gasteiger partial charge in [-0.05, 0) is 11.3 Å². The normalized spacial score (nSPS) is 18.3. The molecule has 0 aliphatic rings. The number of hydrogen-bond acceptors (Lipinski definition) is 3. The van der Waals surface area contributed by atoms with E-state index < -0.39 is 10.1 Å². The Bertz CT molecular complexity index is 253. The molecule has 0 heterocycles. The molecule has 0 aromatic heterocycles. The summed E-state index contributed by atoms with van der Waals surface area (Å²) in [5, 5.41) is 0. The van der Waals surface area contributed by atoms with Crippen LogP contribution in [-0.4, -0.2) is 24.8 Å². The van der Waals surface area contributed by atoms with E-state index in [0.29, 0.717) is 0 Å². The van der Waals surface area contributed by atoms with Crippen molar-refractivity contribution < 1.29 is 13.0 Å². The molecule has 13 heavy (non-hydrogen) atoms. The molecule has 0 amide bonds. The second-order valence-corrected chi connectivity index (χ2v) is 6.11. The van der Waals surface area contributed by atoms with Crippen LogP contribution in [0.15, 0.2) is 0 Å². The van der Waals surface area contributed by atoms with E-state index in [2.05, 4.69) is 0 Å². The van der Waals surface area contributed by atoms with Crippen molar-refractivity contribution in [3.8, 4) is 0 Å². The lowest BCUT2D eigenvalue weighted by Gasteiger charge is -2.31. The quantitative estimate of drug-likeness (QED) is 0.676. The van der Waals surface area contributed by atoms with Gasteiger partial charge in [0.2, 0.25) is 0 Å². The van der Waals surface area contributed by atoms with Gasteiger partial charge in [0.1, 0.15) is 0 Å². The Morgan fingerprint density at radius 3 is 2.00 bits per heavy atom. The van der Waals surface area contributed by atoms with E-state index in [9.17, 15) is 8.42 Å². The van der Waals surface area contributed by atoms with E-state index in [0.717, 1.165) is 0 Å². The zero-order valence-electron chi connectivity index (χ0n) is 8.61. The van der Waals surface area contributed by atoms with Crippen molar-refractivity contribution >= 4 is 10.1 Å². The molecule has 3 N–H and O–H groups in total. The van der Waals surface area contributed by atoms with E-state index in [-0.39, 0.29) is 23.1 Å². The molecular weight excluding hydrogens is 190 g/mol. The first-order chi connectivity index (χ1) is 5.54. The maximum absolute atomic E-state index is 10.6. The summed E-state index contributed by atoms with van der Waals surface area (Å²) in [6.07, 6.45) is 0. The van der Waals surface area contributed by atoms with Gasteiger partial charge in [0, 0.05) is 6.04 Å². The average Bonchev–Trinajstić information content (AvgIpc) is 1.79. The molecule has 80 valence electrons. The van der Waals surface area contributed by atoms with Gasteiger partial charge < -0.3 is 5.73 Å². The summed E-state index contributed by atoms with van der Waals surface area (Å²) in [6, 6.07) is -0.241. The molecule has 0 saturated carbocycles. The van der Waals surface area contributed by atoms with E-state index in [1.165, 1.54) is 0 Å². The minimum absolute atomic E-state index is 0.149. The Morgan fingerprint density at radius 1 is 1.38 bits per heavy atom. The second kappa shape index (κ2) is 3.94. The van der Waals surface area contributed by atoms with E-state index in [1.54, 1.807) is 6.92 Å². The smallest absolute Gasteiger partial charge is 0.265 e. The highest BCUT2D eigenvalue weighted by Gasteiger charge is 2.28. The van der Waals surface area contributed by atoms with Crippen LogP contribution in [0.3, 0.4) is 0 Å². The van der Waals surface area contributed by atoms with Gasteiger partial charge in [-0.15, -0.1) is 0 Å². The van der Waals surface area contributed by atoms with Crippen LogP contribution in [0.25, 0.3) is 0 Å². The number of rotatable bonds is 3. The molecule has 0 radical (unpaired) electrons. The lowest BCUT2D eigenvalue weighted by atomic mass is 9.81. The van der Waals surface area contributed by atoms with Gasteiger partial charge in [-0.1, -0.05) is 27.7 Å². The monoisotopic (exact) mass is 209 g/mol. The first-order valence-corrected chi connectivity index (χ1v) is 5.85. The average molecular weight is 209 g/mol. The van der Waals surface area contributed by atoms with Crippen molar-refractivity contribution in [2.24, 2.45) is 17.1 Å². The van der Waals surface area contributed by atoms with E-state index in [4.69, 9.17) is 10.3 Å². The minimum atomic E-state index is -3.91. The first kappa shape index (κ1) is 12.9. The summed E-state index contributed by atoms with van der Waals surface area (Å²) in [4.78, 5) is 0. The topological polar surface area (TPSA) is 80.4 Å². The molecule has 0 fully saturated rings. The summed E-state index contributed by atoms with van der Waals surface area (Å²) in [5.74, 6) is -0.513. The molecule has 0 aromatic carbocycles. The second-order valence-electron chi connectivity index (χ2n) is 4.62. The first-order valence-electron chi connectivity index (χ1n) is 4.25. The molecule has 2 unspecified atom stereocenters. The zero-order valence-corrected chi connectivity index (χ0v) is 9.43. The highest BCUT2D eigenvalue weighted by Crippen LogP contribution is 2.23. The van der Waals surface area contributed by atoms with Crippen molar-refractivity contribution in [1.29, 1.82) is 0 Å². The molecule has 0 bridgehead atoms. The van der Waals surface area contributed by atoms with Crippen LogP contribution in [0.5, 0.6) is 0 Å². The Hall–Kier alpha value is -0.130. The molecule has 0 saturated heterocycles. The van der Waals surface area contributed by atoms with Crippen LogP contribution in [0, 0.1) is 11.3 Å². The molecule has 2 atom stereocenters. The summed E-state index contributed by atoms with van der Waals surface area (Å²) >= 11 is 0. The molecule has 4 nitrogen and oxygen atoms in total. The highest BCUT2D eigenvalue weighted by atomic mass is 32.2. The van der Waals surface area contributed by atoms with Crippen LogP contribution in [0.4, 0.5) is 0 Å². The molecular formula is C8H19NO3S. The van der Waals surface area contributed by atoms with Crippen molar-refractivity contribution in [1.82, 2.24) is 0 Å². The lowest BCUT2D eigenvalue weighted by molar-refractivity contribution is 0.259. The fourth-order valence-corrected chi connectivity index (χ4v) is 2.16. The Labute approximate surface area is 80.3 Å². The fraction of sp³-hybridized carbons (Fsp3) is 1.00. The standard InChI is InChI=1S/C8H19NO3S/c1-6(5-13(10,11)12)7(9)8(2,3)4/h6-7H,5,9H2,1-4H3,(H,10,11,12). The van der Waals surface area contributed by atoms with E-state index in [1.807, 2.05) is 20.8 Å². The van der Waals surface area contributed by atoms with Gasteiger partial charge in [-0.2, -0.15) is 8.42 Å². The summed E-state index contributed by atoms with van der Waals surface area (Å²) < 4.78 is 29.8. The third-order valence-electron chi connectivity index (χ3n) is 2.09. The summed E-state index contributed by atoms with van der Waals surface area (Å²) in [7, 11) is -3.91. The Balaban J connectivity index is 4.37. The summed E-state index contributed by atoms with van der Waals surface area (Å²) in [5.41, 5.74) is 5.68. The highest BCUT2D eigenvalue weighted by molar-refractivity contribution is 7.85. The van der Waals surface area contributed by atoms with Gasteiger partial charge in [0.15, 0.2) is 0 Å². The third-order valence-corrected chi connectivity index (χ3v) is 3.03. The molecule has 0 aliphatic carbocycles. The van der Waals surface area contributed by atoms with Crippen LogP contribution in [-0.2, 0) is 10.1 Å². The molecule has 0 aromatic rings. The largest absolute Gasteiger partial charge is 0.327 e. The van der Waals surface area contributed by atoms with Gasteiger partial charge in [-0.25, -0.2) is 0 Å². The Kier molecular flexibility index (Phi) is 3.90. The third kappa shape index (κ3) is 5.23. The zero-order chi connectivity index (χ0) is 10.9. The fourth-order valence-electron chi connectivity index (χ4n) is 1.29. The van der Waals surface area contributed by atoms with E-state index >= 15 is 0 Å². The van der Waals surface area contributed by atoms with Gasteiger partial charge >= 0.3 is 0 Å². The van der Waals surface area contributed by atoms with Gasteiger partial charge in [0.25, 0.3) is 10.1 Å².